The number of hydrogen-bond acceptors (Lipinski definition) is 3. The van der Waals surface area contributed by atoms with Gasteiger partial charge in [0.2, 0.25) is 0 Å². The molecule has 2 aliphatic rings. The average Bonchev–Trinajstić information content (AvgIpc) is 2.26. The molecule has 0 aromatic heterocycles. The summed E-state index contributed by atoms with van der Waals surface area (Å²) in [7, 11) is 0. The van der Waals surface area contributed by atoms with Crippen molar-refractivity contribution in [3.05, 3.63) is 0 Å². The highest BCUT2D eigenvalue weighted by molar-refractivity contribution is 5.37. The van der Waals surface area contributed by atoms with E-state index in [9.17, 15) is 4.79 Å². The quantitative estimate of drug-likeness (QED) is 0.543. The second-order valence-corrected chi connectivity index (χ2v) is 7.18. The van der Waals surface area contributed by atoms with Gasteiger partial charge in [-0.1, -0.05) is 13.8 Å². The number of hydrogen-bond donors (Lipinski definition) is 0. The summed E-state index contributed by atoms with van der Waals surface area (Å²) in [4.78, 5) is 10.2. The first-order valence-electron chi connectivity index (χ1n) is 7.71. The van der Waals surface area contributed by atoms with Crippen LogP contribution in [0.1, 0.15) is 59.3 Å². The van der Waals surface area contributed by atoms with E-state index in [0.717, 1.165) is 24.2 Å². The Morgan fingerprint density at radius 2 is 1.89 bits per heavy atom. The SMILES string of the molecule is CC1CC2CC(C1)CC(C)(CCOC(C)OC=O)C2. The van der Waals surface area contributed by atoms with Gasteiger partial charge in [-0.2, -0.15) is 0 Å². The van der Waals surface area contributed by atoms with Crippen LogP contribution >= 0.6 is 0 Å². The zero-order chi connectivity index (χ0) is 13.9. The van der Waals surface area contributed by atoms with Crippen molar-refractivity contribution in [1.29, 1.82) is 0 Å². The minimum Gasteiger partial charge on any atom is -0.438 e. The highest BCUT2D eigenvalue weighted by atomic mass is 16.7. The molecule has 2 aliphatic carbocycles. The van der Waals surface area contributed by atoms with Gasteiger partial charge in [0.05, 0.1) is 6.61 Å². The number of rotatable bonds is 6. The van der Waals surface area contributed by atoms with Gasteiger partial charge in [-0.05, 0) is 68.6 Å². The molecule has 0 radical (unpaired) electrons. The molecule has 3 nitrogen and oxygen atoms in total. The predicted octanol–water partition coefficient (Wildman–Crippen LogP) is 3.76. The molecule has 2 fully saturated rings. The molecule has 2 bridgehead atoms. The van der Waals surface area contributed by atoms with Crippen molar-refractivity contribution in [2.24, 2.45) is 23.2 Å². The maximum absolute atomic E-state index is 10.2. The smallest absolute Gasteiger partial charge is 0.295 e. The lowest BCUT2D eigenvalue weighted by Crippen LogP contribution is -2.37. The fraction of sp³-hybridized carbons (Fsp3) is 0.938. The molecule has 0 N–H and O–H groups in total. The van der Waals surface area contributed by atoms with Crippen LogP contribution in [0.5, 0.6) is 0 Å². The highest BCUT2D eigenvalue weighted by Crippen LogP contribution is 2.51. The zero-order valence-electron chi connectivity index (χ0n) is 12.6. The Kier molecular flexibility index (Phi) is 4.88. The van der Waals surface area contributed by atoms with Crippen LogP contribution in [0.15, 0.2) is 0 Å². The molecule has 0 aromatic carbocycles. The third kappa shape index (κ3) is 4.20. The summed E-state index contributed by atoms with van der Waals surface area (Å²) in [5.74, 6) is 2.78. The molecule has 3 heteroatoms. The Hall–Kier alpha value is -0.570. The lowest BCUT2D eigenvalue weighted by molar-refractivity contribution is -0.161. The zero-order valence-corrected chi connectivity index (χ0v) is 12.6. The Morgan fingerprint density at radius 3 is 2.47 bits per heavy atom. The molecule has 3 unspecified atom stereocenters. The minimum absolute atomic E-state index is 0.413. The van der Waals surface area contributed by atoms with Gasteiger partial charge in [0.25, 0.3) is 6.47 Å². The monoisotopic (exact) mass is 268 g/mol. The van der Waals surface area contributed by atoms with E-state index in [4.69, 9.17) is 9.47 Å². The molecular formula is C16H28O3. The van der Waals surface area contributed by atoms with Gasteiger partial charge in [0.1, 0.15) is 0 Å². The maximum Gasteiger partial charge on any atom is 0.295 e. The summed E-state index contributed by atoms with van der Waals surface area (Å²) < 4.78 is 10.3. The largest absolute Gasteiger partial charge is 0.438 e. The van der Waals surface area contributed by atoms with Crippen LogP contribution in [0.4, 0.5) is 0 Å². The van der Waals surface area contributed by atoms with Crippen molar-refractivity contribution < 1.29 is 14.3 Å². The van der Waals surface area contributed by atoms with E-state index in [-0.39, 0.29) is 0 Å². The lowest BCUT2D eigenvalue weighted by atomic mass is 9.59. The topological polar surface area (TPSA) is 35.5 Å². The van der Waals surface area contributed by atoms with E-state index in [1.54, 1.807) is 6.92 Å². The Balaban J connectivity index is 1.78. The molecule has 3 atom stereocenters. The van der Waals surface area contributed by atoms with Crippen LogP contribution in [0.3, 0.4) is 0 Å². The molecule has 0 saturated heterocycles. The summed E-state index contributed by atoms with van der Waals surface area (Å²) >= 11 is 0. The molecule has 19 heavy (non-hydrogen) atoms. The van der Waals surface area contributed by atoms with Crippen LogP contribution in [0, 0.1) is 23.2 Å². The number of fused-ring (bicyclic) bond motifs is 2. The molecule has 0 aromatic rings. The summed E-state index contributed by atoms with van der Waals surface area (Å²) in [5, 5.41) is 0. The molecular weight excluding hydrogens is 240 g/mol. The van der Waals surface area contributed by atoms with Gasteiger partial charge >= 0.3 is 0 Å². The standard InChI is InChI=1S/C16H28O3/c1-12-6-14-8-15(7-12)10-16(3,9-14)4-5-18-13(2)19-11-17/h11-15H,4-10H2,1-3H3. The van der Waals surface area contributed by atoms with Crippen molar-refractivity contribution in [2.75, 3.05) is 6.61 Å². The van der Waals surface area contributed by atoms with Crippen molar-refractivity contribution in [1.82, 2.24) is 0 Å². The van der Waals surface area contributed by atoms with Gasteiger partial charge in [-0.25, -0.2) is 0 Å². The molecule has 2 rings (SSSR count). The fourth-order valence-corrected chi connectivity index (χ4v) is 4.50. The summed E-state index contributed by atoms with van der Waals surface area (Å²) in [6.07, 6.45) is 7.64. The lowest BCUT2D eigenvalue weighted by Gasteiger charge is -2.47. The highest BCUT2D eigenvalue weighted by Gasteiger charge is 2.40. The molecule has 0 aliphatic heterocycles. The van der Waals surface area contributed by atoms with Crippen molar-refractivity contribution in [3.63, 3.8) is 0 Å². The first-order valence-corrected chi connectivity index (χ1v) is 7.71. The van der Waals surface area contributed by atoms with Crippen LogP contribution in [0.2, 0.25) is 0 Å². The number of ether oxygens (including phenoxy) is 2. The second kappa shape index (κ2) is 6.25. The van der Waals surface area contributed by atoms with E-state index in [1.807, 2.05) is 0 Å². The van der Waals surface area contributed by atoms with E-state index in [0.29, 0.717) is 18.5 Å². The van der Waals surface area contributed by atoms with Crippen molar-refractivity contribution in [3.8, 4) is 0 Å². The Labute approximate surface area is 117 Å². The molecule has 0 spiro atoms. The normalized spacial score (nSPS) is 39.6. The third-order valence-corrected chi connectivity index (χ3v) is 5.01. The first-order chi connectivity index (χ1) is 9.00. The summed E-state index contributed by atoms with van der Waals surface area (Å²) in [6, 6.07) is 0. The van der Waals surface area contributed by atoms with Crippen LogP contribution in [0.25, 0.3) is 0 Å². The van der Waals surface area contributed by atoms with E-state index < -0.39 is 6.29 Å². The van der Waals surface area contributed by atoms with Crippen molar-refractivity contribution in [2.45, 2.75) is 65.6 Å². The molecule has 0 amide bonds. The maximum atomic E-state index is 10.2. The summed E-state index contributed by atoms with van der Waals surface area (Å²) in [6.45, 7) is 7.74. The Bertz CT molecular complexity index is 284. The fourth-order valence-electron chi connectivity index (χ4n) is 4.50. The number of carbonyl (C=O) groups is 1. The number of carbonyl (C=O) groups excluding carboxylic acids is 1. The van der Waals surface area contributed by atoms with Crippen LogP contribution in [-0.4, -0.2) is 19.4 Å². The second-order valence-electron chi connectivity index (χ2n) is 7.18. The van der Waals surface area contributed by atoms with E-state index in [2.05, 4.69) is 13.8 Å². The first kappa shape index (κ1) is 14.8. The summed E-state index contributed by atoms with van der Waals surface area (Å²) in [5.41, 5.74) is 0.425. The minimum atomic E-state index is -0.413. The average molecular weight is 268 g/mol. The predicted molar refractivity (Wildman–Crippen MR) is 74.5 cm³/mol. The molecule has 110 valence electrons. The Morgan fingerprint density at radius 1 is 1.26 bits per heavy atom. The van der Waals surface area contributed by atoms with Gasteiger partial charge in [-0.3, -0.25) is 4.79 Å². The van der Waals surface area contributed by atoms with E-state index in [1.165, 1.54) is 32.1 Å². The van der Waals surface area contributed by atoms with Crippen LogP contribution in [-0.2, 0) is 14.3 Å². The van der Waals surface area contributed by atoms with Gasteiger partial charge in [-0.15, -0.1) is 0 Å². The van der Waals surface area contributed by atoms with Gasteiger partial charge in [0, 0.05) is 0 Å². The van der Waals surface area contributed by atoms with Crippen molar-refractivity contribution >= 4 is 6.47 Å². The van der Waals surface area contributed by atoms with E-state index >= 15 is 0 Å². The van der Waals surface area contributed by atoms with Crippen LogP contribution < -0.4 is 0 Å². The third-order valence-electron chi connectivity index (χ3n) is 5.01. The molecule has 0 heterocycles. The van der Waals surface area contributed by atoms with Gasteiger partial charge in [0.15, 0.2) is 6.29 Å². The van der Waals surface area contributed by atoms with Gasteiger partial charge < -0.3 is 9.47 Å². The molecule has 2 saturated carbocycles.